The zero-order valence-corrected chi connectivity index (χ0v) is 14.4. The van der Waals surface area contributed by atoms with Crippen molar-refractivity contribution in [3.8, 4) is 0 Å². The lowest BCUT2D eigenvalue weighted by molar-refractivity contribution is -0.122. The fourth-order valence-corrected chi connectivity index (χ4v) is 3.81. The Morgan fingerprint density at radius 2 is 1.96 bits per heavy atom. The Labute approximate surface area is 139 Å². The van der Waals surface area contributed by atoms with Crippen molar-refractivity contribution < 1.29 is 4.79 Å². The number of nitrogens with one attached hydrogen (secondary N) is 2. The lowest BCUT2D eigenvalue weighted by atomic mass is 10.2. The van der Waals surface area contributed by atoms with Gasteiger partial charge in [-0.15, -0.1) is 11.3 Å². The number of hydrogen-bond acceptors (Lipinski definition) is 5. The fraction of sp³-hybridized carbons (Fsp3) is 0.588. The molecule has 5 nitrogen and oxygen atoms in total. The zero-order valence-electron chi connectivity index (χ0n) is 13.6. The summed E-state index contributed by atoms with van der Waals surface area (Å²) in [5.41, 5.74) is 1.26. The van der Waals surface area contributed by atoms with Gasteiger partial charge < -0.3 is 10.6 Å². The Hall–Kier alpha value is -1.69. The quantitative estimate of drug-likeness (QED) is 0.799. The first kappa shape index (κ1) is 14.9. The average molecular weight is 330 g/mol. The van der Waals surface area contributed by atoms with Crippen molar-refractivity contribution in [1.29, 1.82) is 0 Å². The number of aromatic nitrogens is 2. The molecule has 2 aromatic heterocycles. The molecule has 6 heteroatoms. The molecule has 2 aliphatic rings. The van der Waals surface area contributed by atoms with Crippen LogP contribution in [-0.4, -0.2) is 29.0 Å². The summed E-state index contributed by atoms with van der Waals surface area (Å²) in [6, 6.07) is 0. The van der Waals surface area contributed by atoms with Crippen molar-refractivity contribution in [1.82, 2.24) is 15.3 Å². The van der Waals surface area contributed by atoms with E-state index < -0.39 is 0 Å². The molecule has 2 fully saturated rings. The number of thiophene rings is 1. The number of hydrogen-bond donors (Lipinski definition) is 2. The highest BCUT2D eigenvalue weighted by Crippen LogP contribution is 2.41. The summed E-state index contributed by atoms with van der Waals surface area (Å²) in [4.78, 5) is 23.6. The Morgan fingerprint density at radius 1 is 1.17 bits per heavy atom. The molecule has 2 aromatic rings. The van der Waals surface area contributed by atoms with Gasteiger partial charge >= 0.3 is 0 Å². The van der Waals surface area contributed by atoms with E-state index in [-0.39, 0.29) is 11.8 Å². The normalized spacial score (nSPS) is 17.5. The maximum atomic E-state index is 11.7. The van der Waals surface area contributed by atoms with E-state index in [0.717, 1.165) is 34.7 Å². The van der Waals surface area contributed by atoms with Gasteiger partial charge in [-0.25, -0.2) is 9.97 Å². The van der Waals surface area contributed by atoms with Gasteiger partial charge in [0.15, 0.2) is 0 Å². The first-order chi connectivity index (χ1) is 11.1. The van der Waals surface area contributed by atoms with Crippen LogP contribution in [-0.2, 0) is 4.79 Å². The van der Waals surface area contributed by atoms with Crippen LogP contribution in [0.1, 0.15) is 47.9 Å². The molecule has 0 saturated heterocycles. The van der Waals surface area contributed by atoms with E-state index in [2.05, 4.69) is 24.5 Å². The van der Waals surface area contributed by atoms with Crippen LogP contribution in [0.3, 0.4) is 0 Å². The van der Waals surface area contributed by atoms with Gasteiger partial charge in [0.1, 0.15) is 16.5 Å². The van der Waals surface area contributed by atoms with Crippen molar-refractivity contribution >= 4 is 33.3 Å². The van der Waals surface area contributed by atoms with Gasteiger partial charge in [0, 0.05) is 29.8 Å². The largest absolute Gasteiger partial charge is 0.368 e. The summed E-state index contributed by atoms with van der Waals surface area (Å²) in [5.74, 6) is 2.91. The highest BCUT2D eigenvalue weighted by molar-refractivity contribution is 7.18. The third kappa shape index (κ3) is 3.04. The molecule has 4 rings (SSSR count). The molecule has 0 bridgehead atoms. The Morgan fingerprint density at radius 3 is 2.65 bits per heavy atom. The first-order valence-electron chi connectivity index (χ1n) is 8.42. The molecular weight excluding hydrogens is 308 g/mol. The van der Waals surface area contributed by atoms with Crippen LogP contribution < -0.4 is 10.6 Å². The number of anilines is 1. The summed E-state index contributed by atoms with van der Waals surface area (Å²) >= 11 is 1.75. The van der Waals surface area contributed by atoms with Gasteiger partial charge in [-0.3, -0.25) is 4.79 Å². The van der Waals surface area contributed by atoms with Gasteiger partial charge in [-0.2, -0.15) is 0 Å². The Kier molecular flexibility index (Phi) is 3.71. The highest BCUT2D eigenvalue weighted by atomic mass is 32.1. The number of carbonyl (C=O) groups excluding carboxylic acids is 1. The third-order valence-electron chi connectivity index (χ3n) is 4.65. The Bertz CT molecular complexity index is 762. The molecule has 2 heterocycles. The van der Waals surface area contributed by atoms with E-state index in [1.54, 1.807) is 11.3 Å². The molecule has 0 radical (unpaired) electrons. The van der Waals surface area contributed by atoms with Gasteiger partial charge in [-0.05, 0) is 45.1 Å². The summed E-state index contributed by atoms with van der Waals surface area (Å²) in [7, 11) is 0. The van der Waals surface area contributed by atoms with E-state index in [0.29, 0.717) is 19.0 Å². The third-order valence-corrected chi connectivity index (χ3v) is 5.75. The summed E-state index contributed by atoms with van der Waals surface area (Å²) in [6.45, 7) is 5.61. The second-order valence-electron chi connectivity index (χ2n) is 6.66. The van der Waals surface area contributed by atoms with Gasteiger partial charge in [0.25, 0.3) is 0 Å². The highest BCUT2D eigenvalue weighted by Gasteiger charge is 2.29. The lowest BCUT2D eigenvalue weighted by Crippen LogP contribution is -2.30. The van der Waals surface area contributed by atoms with Crippen LogP contribution in [0.2, 0.25) is 0 Å². The van der Waals surface area contributed by atoms with Gasteiger partial charge in [-0.1, -0.05) is 0 Å². The van der Waals surface area contributed by atoms with Crippen LogP contribution >= 0.6 is 11.3 Å². The summed E-state index contributed by atoms with van der Waals surface area (Å²) in [6.07, 6.45) is 4.49. The van der Waals surface area contributed by atoms with Crippen molar-refractivity contribution in [2.45, 2.75) is 45.4 Å². The summed E-state index contributed by atoms with van der Waals surface area (Å²) in [5, 5.41) is 7.55. The van der Waals surface area contributed by atoms with E-state index >= 15 is 0 Å². The predicted molar refractivity (Wildman–Crippen MR) is 93.1 cm³/mol. The van der Waals surface area contributed by atoms with Crippen LogP contribution in [0, 0.1) is 19.8 Å². The van der Waals surface area contributed by atoms with Crippen molar-refractivity contribution in [3.63, 3.8) is 0 Å². The first-order valence-corrected chi connectivity index (χ1v) is 9.24. The van der Waals surface area contributed by atoms with Crippen LogP contribution in [0.5, 0.6) is 0 Å². The molecular formula is C17H22N4OS. The molecule has 0 aromatic carbocycles. The molecule has 2 saturated carbocycles. The van der Waals surface area contributed by atoms with E-state index in [4.69, 9.17) is 9.97 Å². The van der Waals surface area contributed by atoms with Crippen molar-refractivity contribution in [2.75, 3.05) is 18.4 Å². The topological polar surface area (TPSA) is 66.9 Å². The zero-order chi connectivity index (χ0) is 16.0. The molecule has 0 aliphatic heterocycles. The number of fused-ring (bicyclic) bond motifs is 1. The molecule has 122 valence electrons. The van der Waals surface area contributed by atoms with E-state index in [9.17, 15) is 4.79 Å². The maximum absolute atomic E-state index is 11.7. The minimum atomic E-state index is 0.195. The van der Waals surface area contributed by atoms with Crippen molar-refractivity contribution in [3.05, 3.63) is 16.3 Å². The standard InChI is InChI=1S/C17H22N4OS/c1-9-10(2)23-17-13(9)15(20-14(21-17)11-3-4-11)18-7-8-19-16(22)12-5-6-12/h11-12H,3-8H2,1-2H3,(H,19,22)(H,18,20,21). The van der Waals surface area contributed by atoms with Crippen LogP contribution in [0.15, 0.2) is 0 Å². The summed E-state index contributed by atoms with van der Waals surface area (Å²) < 4.78 is 0. The van der Waals surface area contributed by atoms with E-state index in [1.165, 1.54) is 23.3 Å². The second kappa shape index (κ2) is 5.74. The lowest BCUT2D eigenvalue weighted by Gasteiger charge is -2.10. The number of rotatable bonds is 6. The molecule has 0 spiro atoms. The average Bonchev–Trinajstić information content (AvgIpc) is 3.42. The number of nitrogens with zero attached hydrogens (tertiary/aromatic N) is 2. The predicted octanol–water partition coefficient (Wildman–Crippen LogP) is 3.12. The van der Waals surface area contributed by atoms with Gasteiger partial charge in [0.05, 0.1) is 5.39 Å². The molecule has 2 aliphatic carbocycles. The second-order valence-corrected chi connectivity index (χ2v) is 7.86. The van der Waals surface area contributed by atoms with Gasteiger partial charge in [0.2, 0.25) is 5.91 Å². The van der Waals surface area contributed by atoms with E-state index in [1.807, 2.05) is 0 Å². The minimum Gasteiger partial charge on any atom is -0.368 e. The maximum Gasteiger partial charge on any atom is 0.223 e. The molecule has 0 unspecified atom stereocenters. The number of carbonyl (C=O) groups is 1. The number of aryl methyl sites for hydroxylation is 2. The van der Waals surface area contributed by atoms with Crippen LogP contribution in [0.25, 0.3) is 10.2 Å². The SMILES string of the molecule is Cc1sc2nc(C3CC3)nc(NCCNC(=O)C3CC3)c2c1C. The molecule has 2 N–H and O–H groups in total. The van der Waals surface area contributed by atoms with Crippen LogP contribution in [0.4, 0.5) is 5.82 Å². The Balaban J connectivity index is 1.51. The molecule has 0 atom stereocenters. The minimum absolute atomic E-state index is 0.195. The molecule has 1 amide bonds. The molecule has 23 heavy (non-hydrogen) atoms. The smallest absolute Gasteiger partial charge is 0.223 e. The van der Waals surface area contributed by atoms with Crippen molar-refractivity contribution in [2.24, 2.45) is 5.92 Å². The number of amides is 1. The monoisotopic (exact) mass is 330 g/mol. The fourth-order valence-electron chi connectivity index (χ4n) is 2.77.